The van der Waals surface area contributed by atoms with Crippen LogP contribution in [0, 0.1) is 13.8 Å². The highest BCUT2D eigenvalue weighted by atomic mass is 35.5. The Hall–Kier alpha value is -3.09. The number of halogens is 1. The molecule has 0 radical (unpaired) electrons. The van der Waals surface area contributed by atoms with Gasteiger partial charge in [0.2, 0.25) is 5.91 Å². The molecule has 1 N–H and O–H groups in total. The fourth-order valence-corrected chi connectivity index (χ4v) is 4.13. The Kier molecular flexibility index (Phi) is 6.39. The van der Waals surface area contributed by atoms with Crippen molar-refractivity contribution in [3.63, 3.8) is 0 Å². The number of amides is 1. The number of aryl methyl sites for hydroxylation is 2. The van der Waals surface area contributed by atoms with E-state index in [0.717, 1.165) is 28.1 Å². The van der Waals surface area contributed by atoms with Gasteiger partial charge in [0.1, 0.15) is 0 Å². The molecule has 0 aliphatic heterocycles. The smallest absolute Gasteiger partial charge is 0.234 e. The molecule has 0 aliphatic rings. The minimum Gasteiger partial charge on any atom is -0.325 e. The van der Waals surface area contributed by atoms with E-state index in [9.17, 15) is 4.79 Å². The molecule has 0 atom stereocenters. The first-order chi connectivity index (χ1) is 15.0. The zero-order valence-corrected chi connectivity index (χ0v) is 18.7. The Labute approximate surface area is 190 Å². The second-order valence-electron chi connectivity index (χ2n) is 7.16. The lowest BCUT2D eigenvalue weighted by atomic mass is 10.2. The Balaban J connectivity index is 1.62. The number of anilines is 1. The number of aromatic nitrogens is 3. The van der Waals surface area contributed by atoms with Crippen molar-refractivity contribution in [1.82, 2.24) is 14.8 Å². The van der Waals surface area contributed by atoms with Crippen LogP contribution in [0.15, 0.2) is 78.0 Å². The van der Waals surface area contributed by atoms with Gasteiger partial charge >= 0.3 is 0 Å². The summed E-state index contributed by atoms with van der Waals surface area (Å²) in [5, 5.41) is 12.9. The Morgan fingerprint density at radius 2 is 1.74 bits per heavy atom. The topological polar surface area (TPSA) is 59.8 Å². The van der Waals surface area contributed by atoms with Crippen LogP contribution < -0.4 is 5.32 Å². The Morgan fingerprint density at radius 3 is 2.48 bits per heavy atom. The predicted octanol–water partition coefficient (Wildman–Crippen LogP) is 5.94. The molecule has 0 saturated carbocycles. The third kappa shape index (κ3) is 4.98. The van der Waals surface area contributed by atoms with Crippen LogP contribution in [0.4, 0.5) is 5.69 Å². The molecule has 7 heteroatoms. The SMILES string of the molecule is Cc1ccc(-n2c(SCC(=O)Nc3cccc(C)c3)nnc2-c2ccccc2Cl)cc1. The van der Waals surface area contributed by atoms with Gasteiger partial charge in [-0.3, -0.25) is 9.36 Å². The maximum Gasteiger partial charge on any atom is 0.234 e. The first-order valence-electron chi connectivity index (χ1n) is 9.78. The Bertz CT molecular complexity index is 1220. The van der Waals surface area contributed by atoms with E-state index in [4.69, 9.17) is 11.6 Å². The number of thioether (sulfide) groups is 1. The van der Waals surface area contributed by atoms with Crippen LogP contribution in [0.2, 0.25) is 5.02 Å². The van der Waals surface area contributed by atoms with Crippen molar-refractivity contribution in [3.8, 4) is 17.1 Å². The number of hydrogen-bond donors (Lipinski definition) is 1. The van der Waals surface area contributed by atoms with Gasteiger partial charge in [0.25, 0.3) is 0 Å². The average Bonchev–Trinajstić information content (AvgIpc) is 3.17. The van der Waals surface area contributed by atoms with Crippen LogP contribution in [0.25, 0.3) is 17.1 Å². The van der Waals surface area contributed by atoms with E-state index >= 15 is 0 Å². The first kappa shape index (κ1) is 21.2. The van der Waals surface area contributed by atoms with Crippen molar-refractivity contribution in [2.75, 3.05) is 11.1 Å². The summed E-state index contributed by atoms with van der Waals surface area (Å²) < 4.78 is 1.94. The normalized spacial score (nSPS) is 10.8. The number of benzene rings is 3. The van der Waals surface area contributed by atoms with Crippen molar-refractivity contribution in [2.24, 2.45) is 0 Å². The lowest BCUT2D eigenvalue weighted by Gasteiger charge is -2.12. The first-order valence-corrected chi connectivity index (χ1v) is 11.1. The maximum atomic E-state index is 12.5. The van der Waals surface area contributed by atoms with Gasteiger partial charge in [0.05, 0.1) is 10.8 Å². The predicted molar refractivity (Wildman–Crippen MR) is 127 cm³/mol. The third-order valence-electron chi connectivity index (χ3n) is 4.67. The molecule has 0 bridgehead atoms. The minimum absolute atomic E-state index is 0.103. The summed E-state index contributed by atoms with van der Waals surface area (Å²) in [5.41, 5.74) is 4.72. The highest BCUT2D eigenvalue weighted by Crippen LogP contribution is 2.32. The summed E-state index contributed by atoms with van der Waals surface area (Å²) in [6.45, 7) is 4.03. The van der Waals surface area contributed by atoms with Gasteiger partial charge in [-0.25, -0.2) is 0 Å². The molecule has 4 rings (SSSR count). The molecular formula is C24H21ClN4OS. The summed E-state index contributed by atoms with van der Waals surface area (Å²) in [7, 11) is 0. The molecule has 1 amide bonds. The second-order valence-corrected chi connectivity index (χ2v) is 8.51. The quantitative estimate of drug-likeness (QED) is 0.371. The fraction of sp³-hybridized carbons (Fsp3) is 0.125. The van der Waals surface area contributed by atoms with E-state index in [-0.39, 0.29) is 11.7 Å². The number of nitrogens with one attached hydrogen (secondary N) is 1. The molecule has 0 fully saturated rings. The van der Waals surface area contributed by atoms with Gasteiger partial charge < -0.3 is 5.32 Å². The zero-order chi connectivity index (χ0) is 21.8. The van der Waals surface area contributed by atoms with Crippen LogP contribution in [0.1, 0.15) is 11.1 Å². The fourth-order valence-electron chi connectivity index (χ4n) is 3.16. The van der Waals surface area contributed by atoms with Crippen molar-refractivity contribution < 1.29 is 4.79 Å². The van der Waals surface area contributed by atoms with Crippen molar-refractivity contribution >= 4 is 35.0 Å². The summed E-state index contributed by atoms with van der Waals surface area (Å²) in [5.74, 6) is 0.741. The van der Waals surface area contributed by atoms with Gasteiger partial charge in [-0.15, -0.1) is 10.2 Å². The van der Waals surface area contributed by atoms with E-state index < -0.39 is 0 Å². The third-order valence-corrected chi connectivity index (χ3v) is 5.93. The molecule has 1 heterocycles. The van der Waals surface area contributed by atoms with E-state index in [1.807, 2.05) is 91.2 Å². The van der Waals surface area contributed by atoms with Crippen LogP contribution in [0.3, 0.4) is 0 Å². The Morgan fingerprint density at radius 1 is 0.968 bits per heavy atom. The molecule has 1 aromatic heterocycles. The zero-order valence-electron chi connectivity index (χ0n) is 17.2. The van der Waals surface area contributed by atoms with Crippen LogP contribution in [-0.2, 0) is 4.79 Å². The van der Waals surface area contributed by atoms with Crippen molar-refractivity contribution in [3.05, 3.63) is 88.9 Å². The monoisotopic (exact) mass is 448 g/mol. The largest absolute Gasteiger partial charge is 0.325 e. The second kappa shape index (κ2) is 9.37. The van der Waals surface area contributed by atoms with Crippen molar-refractivity contribution in [2.45, 2.75) is 19.0 Å². The molecule has 4 aromatic rings. The molecule has 31 heavy (non-hydrogen) atoms. The van der Waals surface area contributed by atoms with E-state index in [1.54, 1.807) is 0 Å². The van der Waals surface area contributed by atoms with Crippen LogP contribution in [-0.4, -0.2) is 26.4 Å². The number of nitrogens with zero attached hydrogens (tertiary/aromatic N) is 3. The number of carbonyl (C=O) groups excluding carboxylic acids is 1. The van der Waals surface area contributed by atoms with E-state index in [2.05, 4.69) is 15.5 Å². The summed E-state index contributed by atoms with van der Waals surface area (Å²) >= 11 is 7.76. The van der Waals surface area contributed by atoms with Crippen LogP contribution >= 0.6 is 23.4 Å². The van der Waals surface area contributed by atoms with Gasteiger partial charge in [-0.2, -0.15) is 0 Å². The molecule has 5 nitrogen and oxygen atoms in total. The number of hydrogen-bond acceptors (Lipinski definition) is 4. The highest BCUT2D eigenvalue weighted by Gasteiger charge is 2.19. The molecular weight excluding hydrogens is 428 g/mol. The lowest BCUT2D eigenvalue weighted by Crippen LogP contribution is -2.14. The maximum absolute atomic E-state index is 12.5. The average molecular weight is 449 g/mol. The minimum atomic E-state index is -0.103. The molecule has 156 valence electrons. The van der Waals surface area contributed by atoms with E-state index in [0.29, 0.717) is 16.0 Å². The van der Waals surface area contributed by atoms with Gasteiger partial charge in [-0.1, -0.05) is 65.3 Å². The lowest BCUT2D eigenvalue weighted by molar-refractivity contribution is -0.113. The van der Waals surface area contributed by atoms with Gasteiger partial charge in [0, 0.05) is 16.9 Å². The summed E-state index contributed by atoms with van der Waals surface area (Å²) in [6.07, 6.45) is 0. The van der Waals surface area contributed by atoms with E-state index in [1.165, 1.54) is 11.8 Å². The number of rotatable bonds is 6. The standard InChI is InChI=1S/C24H21ClN4OS/c1-16-10-12-19(13-11-16)29-23(20-8-3-4-9-21(20)25)27-28-24(29)31-15-22(30)26-18-7-5-6-17(2)14-18/h3-14H,15H2,1-2H3,(H,26,30). The summed E-state index contributed by atoms with van der Waals surface area (Å²) in [4.78, 5) is 12.5. The summed E-state index contributed by atoms with van der Waals surface area (Å²) in [6, 6.07) is 23.3. The van der Waals surface area contributed by atoms with Gasteiger partial charge in [-0.05, 0) is 55.8 Å². The van der Waals surface area contributed by atoms with Crippen molar-refractivity contribution in [1.29, 1.82) is 0 Å². The van der Waals surface area contributed by atoms with Gasteiger partial charge in [0.15, 0.2) is 11.0 Å². The van der Waals surface area contributed by atoms with Crippen LogP contribution in [0.5, 0.6) is 0 Å². The highest BCUT2D eigenvalue weighted by molar-refractivity contribution is 7.99. The molecule has 0 unspecified atom stereocenters. The molecule has 0 aliphatic carbocycles. The number of carbonyl (C=O) groups is 1. The molecule has 0 saturated heterocycles. The molecule has 0 spiro atoms. The molecule has 3 aromatic carbocycles.